The smallest absolute Gasteiger partial charge is 0.209 e. The van der Waals surface area contributed by atoms with Gasteiger partial charge in [0.1, 0.15) is 0 Å². The molecule has 0 aromatic heterocycles. The summed E-state index contributed by atoms with van der Waals surface area (Å²) in [6, 6.07) is 0. The molecule has 1 atom stereocenters. The zero-order valence-electron chi connectivity index (χ0n) is 10.8. The molecule has 0 heterocycles. The van der Waals surface area contributed by atoms with E-state index in [1.165, 1.54) is 0 Å². The van der Waals surface area contributed by atoms with Crippen LogP contribution in [-0.4, -0.2) is 56.4 Å². The molecule has 102 valence electrons. The highest BCUT2D eigenvalue weighted by Crippen LogP contribution is 2.09. The Hall–Kier alpha value is -0.690. The van der Waals surface area contributed by atoms with Crippen LogP contribution in [0.2, 0.25) is 0 Å². The molecule has 0 saturated heterocycles. The van der Waals surface area contributed by atoms with Gasteiger partial charge in [-0.15, -0.1) is 0 Å². The minimum Gasteiger partial charge on any atom is -0.394 e. The summed E-state index contributed by atoms with van der Waals surface area (Å²) >= 11 is 0. The van der Waals surface area contributed by atoms with Crippen LogP contribution in [0.1, 0.15) is 20.8 Å². The first-order valence-electron chi connectivity index (χ1n) is 5.63. The molecule has 0 aliphatic rings. The lowest BCUT2D eigenvalue weighted by atomic mass is 10.2. The number of aliphatic hydroxyl groups is 1. The summed E-state index contributed by atoms with van der Waals surface area (Å²) in [5.41, 5.74) is -0.350. The highest BCUT2D eigenvalue weighted by molar-refractivity contribution is 5.46. The van der Waals surface area contributed by atoms with Gasteiger partial charge in [-0.3, -0.25) is 4.79 Å². The van der Waals surface area contributed by atoms with Crippen LogP contribution < -0.4 is 5.32 Å². The molecule has 1 unspecified atom stereocenters. The lowest BCUT2D eigenvalue weighted by Crippen LogP contribution is -2.41. The summed E-state index contributed by atoms with van der Waals surface area (Å²) in [6.45, 7) is 7.07. The number of hydrogen-bond acceptors (Lipinski definition) is 5. The molecule has 0 rings (SSSR count). The van der Waals surface area contributed by atoms with Crippen molar-refractivity contribution in [3.05, 3.63) is 0 Å². The summed E-state index contributed by atoms with van der Waals surface area (Å²) in [5, 5.41) is 11.0. The molecule has 0 aliphatic heterocycles. The number of hydrogen-bond donors (Lipinski definition) is 2. The maximum atomic E-state index is 10.4. The Morgan fingerprint density at radius 2 is 1.88 bits per heavy atom. The third kappa shape index (κ3) is 11.6. The Balaban J connectivity index is 3.66. The fourth-order valence-electron chi connectivity index (χ4n) is 1.09. The van der Waals surface area contributed by atoms with Crippen molar-refractivity contribution in [1.82, 2.24) is 5.32 Å². The van der Waals surface area contributed by atoms with Gasteiger partial charge in [-0.05, 0) is 20.8 Å². The van der Waals surface area contributed by atoms with Crippen LogP contribution in [-0.2, 0) is 19.0 Å². The van der Waals surface area contributed by atoms with Crippen molar-refractivity contribution in [3.63, 3.8) is 0 Å². The van der Waals surface area contributed by atoms with E-state index in [1.54, 1.807) is 0 Å². The van der Waals surface area contributed by atoms with E-state index < -0.39 is 6.23 Å². The third-order valence-corrected chi connectivity index (χ3v) is 1.63. The van der Waals surface area contributed by atoms with Crippen LogP contribution in [0.15, 0.2) is 0 Å². The summed E-state index contributed by atoms with van der Waals surface area (Å²) in [5.74, 6) is 0. The highest BCUT2D eigenvalue weighted by Gasteiger charge is 2.18. The number of carbonyl (C=O) groups excluding carboxylic acids is 1. The summed E-state index contributed by atoms with van der Waals surface area (Å²) in [6.07, 6.45) is 0.118. The van der Waals surface area contributed by atoms with Crippen LogP contribution in [0.5, 0.6) is 0 Å². The fourth-order valence-corrected chi connectivity index (χ4v) is 1.09. The van der Waals surface area contributed by atoms with Crippen molar-refractivity contribution in [2.45, 2.75) is 32.6 Å². The maximum absolute atomic E-state index is 10.4. The molecular weight excluding hydrogens is 226 g/mol. The zero-order chi connectivity index (χ0) is 13.1. The van der Waals surface area contributed by atoms with E-state index in [0.717, 1.165) is 0 Å². The lowest BCUT2D eigenvalue weighted by molar-refractivity contribution is -0.129. The lowest BCUT2D eigenvalue weighted by Gasteiger charge is -2.26. The normalized spacial score (nSPS) is 13.4. The van der Waals surface area contributed by atoms with E-state index in [0.29, 0.717) is 26.2 Å². The molecule has 0 spiro atoms. The quantitative estimate of drug-likeness (QED) is 0.321. The van der Waals surface area contributed by atoms with Gasteiger partial charge < -0.3 is 24.6 Å². The van der Waals surface area contributed by atoms with Crippen LogP contribution in [0.3, 0.4) is 0 Å². The topological polar surface area (TPSA) is 77.0 Å². The van der Waals surface area contributed by atoms with E-state index in [4.69, 9.17) is 19.3 Å². The van der Waals surface area contributed by atoms with Crippen molar-refractivity contribution in [2.24, 2.45) is 0 Å². The predicted octanol–water partition coefficient (Wildman–Crippen LogP) is -0.101. The Morgan fingerprint density at radius 3 is 2.41 bits per heavy atom. The second kappa shape index (κ2) is 9.35. The molecule has 0 aromatic carbocycles. The minimum absolute atomic E-state index is 0.00244. The third-order valence-electron chi connectivity index (χ3n) is 1.63. The Bertz CT molecular complexity index is 193. The molecule has 6 heteroatoms. The SMILES string of the molecule is CC(C)(C)OC(COCCOCCO)NC=O. The highest BCUT2D eigenvalue weighted by atomic mass is 16.6. The molecule has 17 heavy (non-hydrogen) atoms. The number of aliphatic hydroxyl groups excluding tert-OH is 1. The molecule has 1 amide bonds. The van der Waals surface area contributed by atoms with Gasteiger partial charge in [0.25, 0.3) is 0 Å². The first kappa shape index (κ1) is 16.3. The van der Waals surface area contributed by atoms with Gasteiger partial charge in [0.15, 0.2) is 6.23 Å². The van der Waals surface area contributed by atoms with E-state index in [-0.39, 0.29) is 18.8 Å². The standard InChI is InChI=1S/C11H23NO5/c1-11(2,3)17-10(12-9-14)8-16-7-6-15-5-4-13/h9-10,13H,4-8H2,1-3H3,(H,12,14). The van der Waals surface area contributed by atoms with Gasteiger partial charge in [0, 0.05) is 0 Å². The molecule has 0 saturated carbocycles. The van der Waals surface area contributed by atoms with Crippen molar-refractivity contribution in [2.75, 3.05) is 33.0 Å². The summed E-state index contributed by atoms with van der Waals surface area (Å²) in [7, 11) is 0. The first-order valence-corrected chi connectivity index (χ1v) is 5.63. The van der Waals surface area contributed by atoms with Crippen molar-refractivity contribution < 1.29 is 24.1 Å². The molecule has 2 N–H and O–H groups in total. The van der Waals surface area contributed by atoms with Gasteiger partial charge >= 0.3 is 0 Å². The molecule has 0 aliphatic carbocycles. The summed E-state index contributed by atoms with van der Waals surface area (Å²) in [4.78, 5) is 10.4. The van der Waals surface area contributed by atoms with Gasteiger partial charge in [-0.2, -0.15) is 0 Å². The molecule has 0 fully saturated rings. The second-order valence-corrected chi connectivity index (χ2v) is 4.41. The monoisotopic (exact) mass is 249 g/mol. The number of rotatable bonds is 10. The number of carbonyl (C=O) groups is 1. The van der Waals surface area contributed by atoms with Gasteiger partial charge in [-0.25, -0.2) is 0 Å². The van der Waals surface area contributed by atoms with Gasteiger partial charge in [-0.1, -0.05) is 0 Å². The predicted molar refractivity (Wildman–Crippen MR) is 62.5 cm³/mol. The van der Waals surface area contributed by atoms with E-state index >= 15 is 0 Å². The van der Waals surface area contributed by atoms with Crippen LogP contribution in [0, 0.1) is 0 Å². The first-order chi connectivity index (χ1) is 7.99. The Labute approximate surface area is 102 Å². The Kier molecular flexibility index (Phi) is 8.97. The maximum Gasteiger partial charge on any atom is 0.209 e. The number of nitrogens with one attached hydrogen (secondary N) is 1. The molecule has 6 nitrogen and oxygen atoms in total. The molecule has 0 bridgehead atoms. The summed E-state index contributed by atoms with van der Waals surface area (Å²) < 4.78 is 15.9. The van der Waals surface area contributed by atoms with Gasteiger partial charge in [0.05, 0.1) is 38.6 Å². The fraction of sp³-hybridized carbons (Fsp3) is 0.909. The van der Waals surface area contributed by atoms with Crippen LogP contribution in [0.4, 0.5) is 0 Å². The molecule has 0 radical (unpaired) electrons. The average Bonchev–Trinajstić information content (AvgIpc) is 2.21. The van der Waals surface area contributed by atoms with Gasteiger partial charge in [0.2, 0.25) is 6.41 Å². The average molecular weight is 249 g/mol. The second-order valence-electron chi connectivity index (χ2n) is 4.41. The van der Waals surface area contributed by atoms with E-state index in [9.17, 15) is 4.79 Å². The largest absolute Gasteiger partial charge is 0.394 e. The molecule has 0 aromatic rings. The van der Waals surface area contributed by atoms with Crippen molar-refractivity contribution >= 4 is 6.41 Å². The minimum atomic E-state index is -0.467. The van der Waals surface area contributed by atoms with Crippen LogP contribution >= 0.6 is 0 Å². The molecular formula is C11H23NO5. The number of amides is 1. The Morgan fingerprint density at radius 1 is 1.24 bits per heavy atom. The van der Waals surface area contributed by atoms with Crippen molar-refractivity contribution in [3.8, 4) is 0 Å². The van der Waals surface area contributed by atoms with Crippen molar-refractivity contribution in [1.29, 1.82) is 0 Å². The number of ether oxygens (including phenoxy) is 3. The van der Waals surface area contributed by atoms with E-state index in [1.807, 2.05) is 20.8 Å². The van der Waals surface area contributed by atoms with Crippen LogP contribution in [0.25, 0.3) is 0 Å². The zero-order valence-corrected chi connectivity index (χ0v) is 10.8. The van der Waals surface area contributed by atoms with E-state index in [2.05, 4.69) is 5.32 Å².